The highest BCUT2D eigenvalue weighted by Crippen LogP contribution is 2.15. The van der Waals surface area contributed by atoms with Gasteiger partial charge in [0.2, 0.25) is 0 Å². The molecule has 0 saturated carbocycles. The lowest BCUT2D eigenvalue weighted by Crippen LogP contribution is -2.46. The summed E-state index contributed by atoms with van der Waals surface area (Å²) < 4.78 is 12.1. The Bertz CT molecular complexity index is 1120. The molecule has 3 aromatic rings. The van der Waals surface area contributed by atoms with Gasteiger partial charge in [0.25, 0.3) is 11.8 Å². The maximum absolute atomic E-state index is 12.5. The molecule has 1 aromatic carbocycles. The molecule has 1 atom stereocenters. The Morgan fingerprint density at radius 2 is 1.82 bits per heavy atom. The van der Waals surface area contributed by atoms with Gasteiger partial charge in [-0.05, 0) is 37.5 Å². The van der Waals surface area contributed by atoms with Crippen LogP contribution in [-0.2, 0) is 27.4 Å². The maximum Gasteiger partial charge on any atom is 0.329 e. The van der Waals surface area contributed by atoms with Gasteiger partial charge in [-0.25, -0.2) is 4.79 Å². The molecule has 2 heterocycles. The summed E-state index contributed by atoms with van der Waals surface area (Å²) in [5, 5.41) is 9.94. The van der Waals surface area contributed by atoms with Crippen LogP contribution < -0.4 is 10.6 Å². The van der Waals surface area contributed by atoms with Crippen molar-refractivity contribution in [2.75, 3.05) is 6.61 Å². The average Bonchev–Trinajstić information content (AvgIpc) is 3.44. The van der Waals surface area contributed by atoms with E-state index in [1.165, 1.54) is 12.3 Å². The number of furan rings is 1. The van der Waals surface area contributed by atoms with Gasteiger partial charge in [0.1, 0.15) is 6.04 Å². The molecule has 0 bridgehead atoms. The van der Waals surface area contributed by atoms with E-state index in [-0.39, 0.29) is 18.2 Å². The Balaban J connectivity index is 1.51. The summed E-state index contributed by atoms with van der Waals surface area (Å²) in [4.78, 5) is 37.0. The Hall–Kier alpha value is -3.88. The first-order chi connectivity index (χ1) is 16.3. The Morgan fingerprint density at radius 1 is 1.09 bits per heavy atom. The van der Waals surface area contributed by atoms with Crippen molar-refractivity contribution in [2.24, 2.45) is 5.92 Å². The summed E-state index contributed by atoms with van der Waals surface area (Å²) in [6.45, 7) is 7.85. The molecule has 9 nitrogen and oxygen atoms in total. The van der Waals surface area contributed by atoms with Crippen molar-refractivity contribution in [1.82, 2.24) is 20.4 Å². The number of aromatic nitrogens is 2. The SMILES string of the molecule is Cc1nn(Cc2ccccc2)c(C)c1CNC(=O)COC(=O)[C@@H](NC(=O)c1ccco1)C(C)C. The lowest BCUT2D eigenvalue weighted by Gasteiger charge is -2.20. The number of benzene rings is 1. The van der Waals surface area contributed by atoms with Crippen LogP contribution in [0.4, 0.5) is 0 Å². The van der Waals surface area contributed by atoms with E-state index in [9.17, 15) is 14.4 Å². The van der Waals surface area contributed by atoms with Crippen LogP contribution in [0, 0.1) is 19.8 Å². The van der Waals surface area contributed by atoms with Gasteiger partial charge in [-0.2, -0.15) is 5.10 Å². The van der Waals surface area contributed by atoms with E-state index in [1.807, 2.05) is 48.9 Å². The standard InChI is InChI=1S/C25H30N4O5/c1-16(2)23(27-24(31)21-11-8-12-33-21)25(32)34-15-22(30)26-13-20-17(3)28-29(18(20)4)14-19-9-6-5-7-10-19/h5-12,16,23H,13-15H2,1-4H3,(H,26,30)(H,27,31)/t23-/m0/s1. The third kappa shape index (κ3) is 6.34. The van der Waals surface area contributed by atoms with Gasteiger partial charge in [0.15, 0.2) is 12.4 Å². The molecule has 9 heteroatoms. The topological polar surface area (TPSA) is 115 Å². The van der Waals surface area contributed by atoms with Crippen molar-refractivity contribution in [3.05, 3.63) is 77.0 Å². The fraction of sp³-hybridized carbons (Fsp3) is 0.360. The number of hydrogen-bond acceptors (Lipinski definition) is 6. The third-order valence-electron chi connectivity index (χ3n) is 5.47. The number of nitrogens with zero attached hydrogens (tertiary/aromatic N) is 2. The number of carbonyl (C=O) groups is 3. The number of amides is 2. The van der Waals surface area contributed by atoms with Crippen LogP contribution in [0.2, 0.25) is 0 Å². The lowest BCUT2D eigenvalue weighted by atomic mass is 10.0. The number of ether oxygens (including phenoxy) is 1. The van der Waals surface area contributed by atoms with Crippen LogP contribution in [0.1, 0.15) is 46.9 Å². The first-order valence-electron chi connectivity index (χ1n) is 11.1. The highest BCUT2D eigenvalue weighted by molar-refractivity contribution is 5.94. The van der Waals surface area contributed by atoms with Gasteiger partial charge in [0.05, 0.1) is 18.5 Å². The molecule has 34 heavy (non-hydrogen) atoms. The largest absolute Gasteiger partial charge is 0.459 e. The molecule has 0 aliphatic carbocycles. The smallest absolute Gasteiger partial charge is 0.329 e. The molecular formula is C25H30N4O5. The Morgan fingerprint density at radius 3 is 2.47 bits per heavy atom. The summed E-state index contributed by atoms with van der Waals surface area (Å²) in [7, 11) is 0. The second-order valence-electron chi connectivity index (χ2n) is 8.35. The van der Waals surface area contributed by atoms with Crippen molar-refractivity contribution < 1.29 is 23.5 Å². The molecule has 2 N–H and O–H groups in total. The predicted molar refractivity (Wildman–Crippen MR) is 125 cm³/mol. The van der Waals surface area contributed by atoms with Gasteiger partial charge >= 0.3 is 5.97 Å². The molecule has 0 aliphatic heterocycles. The summed E-state index contributed by atoms with van der Waals surface area (Å²) in [5.41, 5.74) is 3.83. The molecule has 3 rings (SSSR count). The van der Waals surface area contributed by atoms with E-state index >= 15 is 0 Å². The van der Waals surface area contributed by atoms with Crippen molar-refractivity contribution in [3.63, 3.8) is 0 Å². The van der Waals surface area contributed by atoms with Crippen LogP contribution in [0.3, 0.4) is 0 Å². The quantitative estimate of drug-likeness (QED) is 0.444. The summed E-state index contributed by atoms with van der Waals surface area (Å²) >= 11 is 0. The lowest BCUT2D eigenvalue weighted by molar-refractivity contribution is -0.151. The number of esters is 1. The van der Waals surface area contributed by atoms with E-state index in [0.717, 1.165) is 22.5 Å². The zero-order chi connectivity index (χ0) is 24.7. The van der Waals surface area contributed by atoms with E-state index < -0.39 is 30.4 Å². The van der Waals surface area contributed by atoms with Crippen molar-refractivity contribution in [3.8, 4) is 0 Å². The molecule has 0 unspecified atom stereocenters. The number of hydrogen-bond donors (Lipinski definition) is 2. The predicted octanol–water partition coefficient (Wildman–Crippen LogP) is 2.76. The minimum Gasteiger partial charge on any atom is -0.459 e. The van der Waals surface area contributed by atoms with Gasteiger partial charge < -0.3 is 19.8 Å². The molecule has 0 fully saturated rings. The van der Waals surface area contributed by atoms with Crippen molar-refractivity contribution >= 4 is 17.8 Å². The number of rotatable bonds is 10. The first kappa shape index (κ1) is 24.8. The molecule has 0 radical (unpaired) electrons. The van der Waals surface area contributed by atoms with E-state index in [2.05, 4.69) is 15.7 Å². The Kier molecular flexibility index (Phi) is 8.24. The third-order valence-corrected chi connectivity index (χ3v) is 5.47. The molecule has 0 saturated heterocycles. The molecule has 0 aliphatic rings. The van der Waals surface area contributed by atoms with Gasteiger partial charge in [-0.15, -0.1) is 0 Å². The zero-order valence-corrected chi connectivity index (χ0v) is 19.8. The molecule has 2 amide bonds. The van der Waals surface area contributed by atoms with Crippen molar-refractivity contribution in [1.29, 1.82) is 0 Å². The normalized spacial score (nSPS) is 11.8. The van der Waals surface area contributed by atoms with Crippen LogP contribution in [0.25, 0.3) is 0 Å². The second kappa shape index (κ2) is 11.3. The van der Waals surface area contributed by atoms with Crippen LogP contribution in [0.15, 0.2) is 53.1 Å². The zero-order valence-electron chi connectivity index (χ0n) is 19.8. The highest BCUT2D eigenvalue weighted by atomic mass is 16.5. The minimum absolute atomic E-state index is 0.0924. The highest BCUT2D eigenvalue weighted by Gasteiger charge is 2.27. The van der Waals surface area contributed by atoms with Crippen LogP contribution in [0.5, 0.6) is 0 Å². The number of aryl methyl sites for hydroxylation is 1. The van der Waals surface area contributed by atoms with Crippen LogP contribution in [-0.4, -0.2) is 40.2 Å². The average molecular weight is 467 g/mol. The molecule has 0 spiro atoms. The maximum atomic E-state index is 12.5. The van der Waals surface area contributed by atoms with Gasteiger partial charge in [-0.3, -0.25) is 14.3 Å². The molecule has 180 valence electrons. The second-order valence-corrected chi connectivity index (χ2v) is 8.35. The van der Waals surface area contributed by atoms with Crippen LogP contribution >= 0.6 is 0 Å². The fourth-order valence-electron chi connectivity index (χ4n) is 3.48. The van der Waals surface area contributed by atoms with E-state index in [4.69, 9.17) is 9.15 Å². The number of nitrogens with one attached hydrogen (secondary N) is 2. The van der Waals surface area contributed by atoms with Crippen molar-refractivity contribution in [2.45, 2.75) is 46.8 Å². The first-order valence-corrected chi connectivity index (χ1v) is 11.1. The number of carbonyl (C=O) groups excluding carboxylic acids is 3. The summed E-state index contributed by atoms with van der Waals surface area (Å²) in [6.07, 6.45) is 1.37. The van der Waals surface area contributed by atoms with E-state index in [1.54, 1.807) is 19.9 Å². The molecule has 2 aromatic heterocycles. The minimum atomic E-state index is -0.911. The summed E-state index contributed by atoms with van der Waals surface area (Å²) in [6, 6.07) is 12.2. The fourth-order valence-corrected chi connectivity index (χ4v) is 3.48. The monoisotopic (exact) mass is 466 g/mol. The summed E-state index contributed by atoms with van der Waals surface area (Å²) in [5.74, 6) is -1.80. The molecular weight excluding hydrogens is 436 g/mol. The van der Waals surface area contributed by atoms with Gasteiger partial charge in [-0.1, -0.05) is 44.2 Å². The Labute approximate surface area is 198 Å². The van der Waals surface area contributed by atoms with E-state index in [0.29, 0.717) is 6.54 Å². The van der Waals surface area contributed by atoms with Gasteiger partial charge in [0, 0.05) is 17.8 Å².